The van der Waals surface area contributed by atoms with E-state index in [9.17, 15) is 4.79 Å². The van der Waals surface area contributed by atoms with Gasteiger partial charge in [-0.3, -0.25) is 9.89 Å². The molecular weight excluding hydrogens is 252 g/mol. The van der Waals surface area contributed by atoms with E-state index in [1.807, 2.05) is 13.8 Å². The van der Waals surface area contributed by atoms with Gasteiger partial charge in [0.05, 0.1) is 5.56 Å². The summed E-state index contributed by atoms with van der Waals surface area (Å²) in [7, 11) is 0. The first-order valence-electron chi connectivity index (χ1n) is 5.37. The van der Waals surface area contributed by atoms with Crippen molar-refractivity contribution in [1.29, 1.82) is 0 Å². The van der Waals surface area contributed by atoms with Crippen LogP contribution in [0.3, 0.4) is 0 Å². The number of halogens is 1. The summed E-state index contributed by atoms with van der Waals surface area (Å²) >= 11 is 5.78. The molecule has 0 saturated carbocycles. The number of aryl methyl sites for hydroxylation is 1. The average Bonchev–Trinajstić information content (AvgIpc) is 2.61. The predicted octanol–water partition coefficient (Wildman–Crippen LogP) is 2.51. The zero-order chi connectivity index (χ0) is 13.3. The Morgan fingerprint density at radius 3 is 2.72 bits per heavy atom. The topological polar surface area (TPSA) is 83.8 Å². The normalized spacial score (nSPS) is 10.4. The highest BCUT2D eigenvalue weighted by atomic mass is 35.5. The zero-order valence-corrected chi connectivity index (χ0v) is 10.8. The van der Waals surface area contributed by atoms with Gasteiger partial charge < -0.3 is 11.1 Å². The molecule has 0 unspecified atom stereocenters. The number of nitrogens with zero attached hydrogens (tertiary/aromatic N) is 1. The van der Waals surface area contributed by atoms with Crippen molar-refractivity contribution in [3.8, 4) is 0 Å². The number of carbonyl (C=O) groups excluding carboxylic acids is 1. The minimum atomic E-state index is -0.307. The molecule has 0 aliphatic carbocycles. The Balaban J connectivity index is 2.25. The summed E-state index contributed by atoms with van der Waals surface area (Å²) < 4.78 is 0. The molecule has 6 heteroatoms. The summed E-state index contributed by atoms with van der Waals surface area (Å²) in [5, 5.41) is 10.0. The molecule has 0 fully saturated rings. The molecule has 0 aliphatic heterocycles. The minimum Gasteiger partial charge on any atom is -0.398 e. The number of amides is 1. The van der Waals surface area contributed by atoms with Crippen LogP contribution in [0.2, 0.25) is 5.02 Å². The molecule has 0 atom stereocenters. The van der Waals surface area contributed by atoms with E-state index in [-0.39, 0.29) is 5.91 Å². The summed E-state index contributed by atoms with van der Waals surface area (Å²) in [5.41, 5.74) is 8.27. The van der Waals surface area contributed by atoms with Crippen molar-refractivity contribution in [2.75, 3.05) is 11.1 Å². The number of nitrogens with one attached hydrogen (secondary N) is 2. The molecule has 0 radical (unpaired) electrons. The van der Waals surface area contributed by atoms with E-state index in [0.717, 1.165) is 11.3 Å². The fraction of sp³-hybridized carbons (Fsp3) is 0.167. The quantitative estimate of drug-likeness (QED) is 0.729. The Labute approximate surface area is 109 Å². The van der Waals surface area contributed by atoms with E-state index in [1.54, 1.807) is 18.2 Å². The number of H-pyrrole nitrogens is 1. The van der Waals surface area contributed by atoms with Crippen molar-refractivity contribution in [3.05, 3.63) is 40.0 Å². The Bertz CT molecular complexity index is 606. The maximum Gasteiger partial charge on any atom is 0.258 e. The number of benzene rings is 1. The number of aromatic nitrogens is 2. The van der Waals surface area contributed by atoms with Crippen molar-refractivity contribution in [1.82, 2.24) is 10.2 Å². The van der Waals surface area contributed by atoms with Crippen LogP contribution in [0.1, 0.15) is 21.6 Å². The molecule has 0 bridgehead atoms. The van der Waals surface area contributed by atoms with Gasteiger partial charge in [-0.25, -0.2) is 0 Å². The van der Waals surface area contributed by atoms with E-state index < -0.39 is 0 Å². The van der Waals surface area contributed by atoms with Crippen molar-refractivity contribution >= 4 is 29.0 Å². The van der Waals surface area contributed by atoms with E-state index in [4.69, 9.17) is 17.3 Å². The van der Waals surface area contributed by atoms with Crippen molar-refractivity contribution in [2.45, 2.75) is 13.8 Å². The Morgan fingerprint density at radius 1 is 1.44 bits per heavy atom. The maximum atomic E-state index is 12.0. The molecule has 0 saturated heterocycles. The van der Waals surface area contributed by atoms with Gasteiger partial charge in [0, 0.05) is 22.0 Å². The molecular formula is C12H13ClN4O. The molecule has 94 valence electrons. The molecule has 1 heterocycles. The van der Waals surface area contributed by atoms with Crippen LogP contribution in [-0.4, -0.2) is 16.1 Å². The lowest BCUT2D eigenvalue weighted by atomic mass is 10.1. The first-order valence-corrected chi connectivity index (χ1v) is 5.74. The maximum absolute atomic E-state index is 12.0. The Morgan fingerprint density at radius 2 is 2.17 bits per heavy atom. The smallest absolute Gasteiger partial charge is 0.258 e. The van der Waals surface area contributed by atoms with E-state index in [0.29, 0.717) is 22.1 Å². The summed E-state index contributed by atoms with van der Waals surface area (Å²) in [6, 6.07) is 4.75. The highest BCUT2D eigenvalue weighted by Gasteiger charge is 2.13. The second-order valence-corrected chi connectivity index (χ2v) is 4.44. The third-order valence-corrected chi connectivity index (χ3v) is 2.98. The highest BCUT2D eigenvalue weighted by Crippen LogP contribution is 2.20. The molecule has 0 aliphatic rings. The Kier molecular flexibility index (Phi) is 3.25. The molecule has 2 aromatic rings. The highest BCUT2D eigenvalue weighted by molar-refractivity contribution is 6.31. The lowest BCUT2D eigenvalue weighted by Gasteiger charge is -2.06. The number of anilines is 2. The second kappa shape index (κ2) is 4.70. The van der Waals surface area contributed by atoms with Gasteiger partial charge in [0.15, 0.2) is 5.82 Å². The third kappa shape index (κ3) is 2.31. The fourth-order valence-corrected chi connectivity index (χ4v) is 1.70. The number of hydrogen-bond acceptors (Lipinski definition) is 3. The first kappa shape index (κ1) is 12.4. The minimum absolute atomic E-state index is 0.307. The van der Waals surface area contributed by atoms with Crippen molar-refractivity contribution in [3.63, 3.8) is 0 Å². The van der Waals surface area contributed by atoms with Gasteiger partial charge in [-0.05, 0) is 32.0 Å². The summed E-state index contributed by atoms with van der Waals surface area (Å²) in [6.45, 7) is 3.76. The van der Waals surface area contributed by atoms with E-state index >= 15 is 0 Å². The van der Waals surface area contributed by atoms with E-state index in [1.165, 1.54) is 0 Å². The number of nitrogen functional groups attached to an aromatic ring is 1. The molecule has 18 heavy (non-hydrogen) atoms. The van der Waals surface area contributed by atoms with Crippen LogP contribution in [0, 0.1) is 13.8 Å². The van der Waals surface area contributed by atoms with Gasteiger partial charge in [0.1, 0.15) is 0 Å². The largest absolute Gasteiger partial charge is 0.398 e. The number of rotatable bonds is 2. The van der Waals surface area contributed by atoms with E-state index in [2.05, 4.69) is 15.5 Å². The molecule has 1 aromatic heterocycles. The molecule has 4 N–H and O–H groups in total. The summed E-state index contributed by atoms with van der Waals surface area (Å²) in [5.74, 6) is 0.200. The van der Waals surface area contributed by atoms with Crippen molar-refractivity contribution < 1.29 is 4.79 Å². The average molecular weight is 265 g/mol. The number of aromatic amines is 1. The SMILES string of the molecule is Cc1[nH]nc(NC(=O)c2ccc(Cl)cc2N)c1C. The van der Waals surface area contributed by atoms with Crippen LogP contribution < -0.4 is 11.1 Å². The van der Waals surface area contributed by atoms with Crippen LogP contribution in [0.25, 0.3) is 0 Å². The lowest BCUT2D eigenvalue weighted by Crippen LogP contribution is -2.14. The van der Waals surface area contributed by atoms with Gasteiger partial charge >= 0.3 is 0 Å². The predicted molar refractivity (Wildman–Crippen MR) is 71.9 cm³/mol. The molecule has 0 spiro atoms. The van der Waals surface area contributed by atoms with Gasteiger partial charge in [0.2, 0.25) is 0 Å². The number of nitrogens with two attached hydrogens (primary N) is 1. The first-order chi connectivity index (χ1) is 8.49. The third-order valence-electron chi connectivity index (χ3n) is 2.74. The number of carbonyl (C=O) groups is 1. The van der Waals surface area contributed by atoms with Crippen molar-refractivity contribution in [2.24, 2.45) is 0 Å². The fourth-order valence-electron chi connectivity index (χ4n) is 1.52. The Hall–Kier alpha value is -2.01. The van der Waals surface area contributed by atoms with Gasteiger partial charge in [-0.2, -0.15) is 5.10 Å². The lowest BCUT2D eigenvalue weighted by molar-refractivity contribution is 0.102. The van der Waals surface area contributed by atoms with Crippen LogP contribution in [0.5, 0.6) is 0 Å². The molecule has 5 nitrogen and oxygen atoms in total. The van der Waals surface area contributed by atoms with Gasteiger partial charge in [-0.1, -0.05) is 11.6 Å². The molecule has 2 rings (SSSR count). The molecule has 1 aromatic carbocycles. The summed E-state index contributed by atoms with van der Waals surface area (Å²) in [6.07, 6.45) is 0. The monoisotopic (exact) mass is 264 g/mol. The standard InChI is InChI=1S/C12H13ClN4O/c1-6-7(2)16-17-11(6)15-12(18)9-4-3-8(13)5-10(9)14/h3-5H,14H2,1-2H3,(H2,15,16,17,18). The van der Waals surface area contributed by atoms with Crippen LogP contribution in [0.4, 0.5) is 11.5 Å². The molecule has 1 amide bonds. The second-order valence-electron chi connectivity index (χ2n) is 4.01. The zero-order valence-electron chi connectivity index (χ0n) is 10.0. The van der Waals surface area contributed by atoms with Gasteiger partial charge in [-0.15, -0.1) is 0 Å². The summed E-state index contributed by atoms with van der Waals surface area (Å²) in [4.78, 5) is 12.0. The van der Waals surface area contributed by atoms with Crippen LogP contribution in [-0.2, 0) is 0 Å². The number of hydrogen-bond donors (Lipinski definition) is 3. The van der Waals surface area contributed by atoms with Gasteiger partial charge in [0.25, 0.3) is 5.91 Å². The van der Waals surface area contributed by atoms with Crippen LogP contribution >= 0.6 is 11.6 Å². The van der Waals surface area contributed by atoms with Crippen LogP contribution in [0.15, 0.2) is 18.2 Å².